The van der Waals surface area contributed by atoms with E-state index >= 15 is 0 Å². The van der Waals surface area contributed by atoms with Gasteiger partial charge in [0.15, 0.2) is 5.13 Å². The molecule has 1 aromatic carbocycles. The second kappa shape index (κ2) is 5.70. The Balaban J connectivity index is 1.47. The van der Waals surface area contributed by atoms with Crippen LogP contribution < -0.4 is 10.6 Å². The highest BCUT2D eigenvalue weighted by Gasteiger charge is 2.19. The maximum atomic E-state index is 11.4. The van der Waals surface area contributed by atoms with Crippen molar-refractivity contribution in [2.24, 2.45) is 0 Å². The molecule has 1 fully saturated rings. The van der Waals surface area contributed by atoms with E-state index < -0.39 is 0 Å². The number of amides is 1. The van der Waals surface area contributed by atoms with Crippen LogP contribution in [-0.4, -0.2) is 30.1 Å². The highest BCUT2D eigenvalue weighted by Crippen LogP contribution is 2.30. The van der Waals surface area contributed by atoms with Crippen LogP contribution in [0.4, 0.5) is 10.8 Å². The molecule has 2 aromatic rings. The Kier molecular flexibility index (Phi) is 3.56. The monoisotopic (exact) mass is 315 g/mol. The predicted octanol–water partition coefficient (Wildman–Crippen LogP) is 2.90. The topological polar surface area (TPSA) is 63.2 Å². The van der Waals surface area contributed by atoms with E-state index in [0.717, 1.165) is 53.6 Å². The first kappa shape index (κ1) is 13.7. The minimum Gasteiger partial charge on any atom is -0.376 e. The molecule has 4 rings (SSSR count). The van der Waals surface area contributed by atoms with Crippen LogP contribution in [0, 0.1) is 0 Å². The zero-order chi connectivity index (χ0) is 14.9. The highest BCUT2D eigenvalue weighted by atomic mass is 32.1. The lowest BCUT2D eigenvalue weighted by molar-refractivity contribution is -0.115. The molecule has 2 aliphatic rings. The number of benzene rings is 1. The van der Waals surface area contributed by atoms with Crippen LogP contribution >= 0.6 is 11.3 Å². The van der Waals surface area contributed by atoms with Gasteiger partial charge >= 0.3 is 0 Å². The van der Waals surface area contributed by atoms with Gasteiger partial charge in [-0.3, -0.25) is 4.79 Å². The summed E-state index contributed by atoms with van der Waals surface area (Å²) in [5.74, 6) is 0.0596. The number of rotatable bonds is 4. The average molecular weight is 315 g/mol. The molecular formula is C16H17N3O2S. The fourth-order valence-corrected chi connectivity index (χ4v) is 3.61. The molecule has 0 aliphatic carbocycles. The maximum Gasteiger partial charge on any atom is 0.228 e. The predicted molar refractivity (Wildman–Crippen MR) is 87.3 cm³/mol. The van der Waals surface area contributed by atoms with Crippen LogP contribution in [-0.2, 0) is 16.0 Å². The largest absolute Gasteiger partial charge is 0.376 e. The van der Waals surface area contributed by atoms with E-state index in [1.807, 2.05) is 23.6 Å². The Morgan fingerprint density at radius 1 is 1.45 bits per heavy atom. The Morgan fingerprint density at radius 2 is 2.41 bits per heavy atom. The molecule has 6 heteroatoms. The first-order chi connectivity index (χ1) is 10.8. The molecule has 0 radical (unpaired) electrons. The second-order valence-electron chi connectivity index (χ2n) is 5.65. The van der Waals surface area contributed by atoms with Crippen LogP contribution in [0.25, 0.3) is 11.3 Å². The highest BCUT2D eigenvalue weighted by molar-refractivity contribution is 7.14. The van der Waals surface area contributed by atoms with Crippen LogP contribution in [0.3, 0.4) is 0 Å². The summed E-state index contributed by atoms with van der Waals surface area (Å²) in [5, 5.41) is 9.16. The Hall–Kier alpha value is -1.92. The fraction of sp³-hybridized carbons (Fsp3) is 0.375. The van der Waals surface area contributed by atoms with Crippen molar-refractivity contribution in [1.82, 2.24) is 4.98 Å². The molecule has 22 heavy (non-hydrogen) atoms. The quantitative estimate of drug-likeness (QED) is 0.910. The third-order valence-electron chi connectivity index (χ3n) is 4.04. The first-order valence-electron chi connectivity index (χ1n) is 7.52. The average Bonchev–Trinajstić information content (AvgIpc) is 3.24. The van der Waals surface area contributed by atoms with Crippen molar-refractivity contribution < 1.29 is 9.53 Å². The fourth-order valence-electron chi connectivity index (χ4n) is 2.88. The molecule has 1 unspecified atom stereocenters. The standard InChI is InChI=1S/C16H17N3O2S/c20-15-7-11-6-10(3-4-13(11)18-15)14-9-22-16(19-14)17-8-12-2-1-5-21-12/h3-4,6,9,12H,1-2,5,7-8H2,(H,17,19)(H,18,20). The van der Waals surface area contributed by atoms with Gasteiger partial charge in [-0.25, -0.2) is 4.98 Å². The normalized spacial score (nSPS) is 20.0. The SMILES string of the molecule is O=C1Cc2cc(-c3csc(NCC4CCCO4)n3)ccc2N1. The zero-order valence-electron chi connectivity index (χ0n) is 12.1. The van der Waals surface area contributed by atoms with Crippen LogP contribution in [0.2, 0.25) is 0 Å². The van der Waals surface area contributed by atoms with E-state index in [1.165, 1.54) is 0 Å². The van der Waals surface area contributed by atoms with E-state index in [-0.39, 0.29) is 5.91 Å². The van der Waals surface area contributed by atoms with Gasteiger partial charge in [-0.1, -0.05) is 6.07 Å². The number of carbonyl (C=O) groups is 1. The lowest BCUT2D eigenvalue weighted by Gasteiger charge is -2.09. The Morgan fingerprint density at radius 3 is 3.27 bits per heavy atom. The number of nitrogens with one attached hydrogen (secondary N) is 2. The van der Waals surface area contributed by atoms with Crippen molar-refractivity contribution in [3.8, 4) is 11.3 Å². The number of ether oxygens (including phenoxy) is 1. The van der Waals surface area contributed by atoms with Crippen molar-refractivity contribution in [3.05, 3.63) is 29.1 Å². The molecule has 0 saturated carbocycles. The second-order valence-corrected chi connectivity index (χ2v) is 6.51. The van der Waals surface area contributed by atoms with Gasteiger partial charge in [-0.2, -0.15) is 0 Å². The van der Waals surface area contributed by atoms with E-state index in [2.05, 4.69) is 15.6 Å². The molecule has 1 atom stereocenters. The molecule has 1 aromatic heterocycles. The van der Waals surface area contributed by atoms with E-state index in [0.29, 0.717) is 12.5 Å². The van der Waals surface area contributed by atoms with Crippen LogP contribution in [0.1, 0.15) is 18.4 Å². The smallest absolute Gasteiger partial charge is 0.228 e. The third-order valence-corrected chi connectivity index (χ3v) is 4.84. The molecule has 0 spiro atoms. The van der Waals surface area contributed by atoms with Crippen molar-refractivity contribution >= 4 is 28.1 Å². The van der Waals surface area contributed by atoms with Gasteiger partial charge < -0.3 is 15.4 Å². The number of hydrogen-bond acceptors (Lipinski definition) is 5. The summed E-state index contributed by atoms with van der Waals surface area (Å²) in [6.45, 7) is 1.69. The van der Waals surface area contributed by atoms with E-state index in [4.69, 9.17) is 4.74 Å². The zero-order valence-corrected chi connectivity index (χ0v) is 12.9. The summed E-state index contributed by atoms with van der Waals surface area (Å²) in [6, 6.07) is 6.00. The van der Waals surface area contributed by atoms with Crippen LogP contribution in [0.5, 0.6) is 0 Å². The number of nitrogens with zero attached hydrogens (tertiary/aromatic N) is 1. The summed E-state index contributed by atoms with van der Waals surface area (Å²) in [4.78, 5) is 16.0. The van der Waals surface area contributed by atoms with E-state index in [9.17, 15) is 4.79 Å². The van der Waals surface area contributed by atoms with Crippen molar-refractivity contribution in [1.29, 1.82) is 0 Å². The molecule has 2 N–H and O–H groups in total. The lowest BCUT2D eigenvalue weighted by atomic mass is 10.1. The Bertz CT molecular complexity index is 707. The molecule has 1 saturated heterocycles. The summed E-state index contributed by atoms with van der Waals surface area (Å²) < 4.78 is 5.60. The lowest BCUT2D eigenvalue weighted by Crippen LogP contribution is -2.18. The van der Waals surface area contributed by atoms with Gasteiger partial charge in [-0.05, 0) is 30.5 Å². The molecule has 3 heterocycles. The number of hydrogen-bond donors (Lipinski definition) is 2. The van der Waals surface area contributed by atoms with Crippen molar-refractivity contribution in [2.45, 2.75) is 25.4 Å². The maximum absolute atomic E-state index is 11.4. The summed E-state index contributed by atoms with van der Waals surface area (Å²) in [6.07, 6.45) is 3.04. The van der Waals surface area contributed by atoms with Crippen molar-refractivity contribution in [2.75, 3.05) is 23.8 Å². The summed E-state index contributed by atoms with van der Waals surface area (Å²) in [7, 11) is 0. The first-order valence-corrected chi connectivity index (χ1v) is 8.40. The van der Waals surface area contributed by atoms with Gasteiger partial charge in [0.2, 0.25) is 5.91 Å². The van der Waals surface area contributed by atoms with Gasteiger partial charge in [0.05, 0.1) is 18.2 Å². The van der Waals surface area contributed by atoms with Gasteiger partial charge in [0.25, 0.3) is 0 Å². The van der Waals surface area contributed by atoms with E-state index in [1.54, 1.807) is 11.3 Å². The number of fused-ring (bicyclic) bond motifs is 1. The minimum absolute atomic E-state index is 0.0596. The third kappa shape index (κ3) is 2.71. The molecule has 1 amide bonds. The van der Waals surface area contributed by atoms with Gasteiger partial charge in [0.1, 0.15) is 0 Å². The Labute approximate surface area is 132 Å². The number of anilines is 2. The molecule has 2 aliphatic heterocycles. The molecule has 114 valence electrons. The van der Waals surface area contributed by atoms with Crippen molar-refractivity contribution in [3.63, 3.8) is 0 Å². The number of carbonyl (C=O) groups excluding carboxylic acids is 1. The van der Waals surface area contributed by atoms with Crippen LogP contribution in [0.15, 0.2) is 23.6 Å². The minimum atomic E-state index is 0.0596. The van der Waals surface area contributed by atoms with Gasteiger partial charge in [-0.15, -0.1) is 11.3 Å². The molecular weight excluding hydrogens is 298 g/mol. The number of aromatic nitrogens is 1. The van der Waals surface area contributed by atoms with Gasteiger partial charge in [0, 0.05) is 29.8 Å². The molecule has 5 nitrogen and oxygen atoms in total. The number of thiazole rings is 1. The summed E-state index contributed by atoms with van der Waals surface area (Å²) in [5.41, 5.74) is 3.96. The molecule has 0 bridgehead atoms. The summed E-state index contributed by atoms with van der Waals surface area (Å²) >= 11 is 1.60.